The number of hydrogen-bond donors (Lipinski definition) is 1. The number of alkyl halides is 3. The van der Waals surface area contributed by atoms with Crippen LogP contribution in [0.5, 0.6) is 0 Å². The molecule has 0 unspecified atom stereocenters. The van der Waals surface area contributed by atoms with Gasteiger partial charge in [0.05, 0.1) is 19.1 Å². The molecule has 0 saturated heterocycles. The van der Waals surface area contributed by atoms with Crippen LogP contribution in [-0.2, 0) is 29.4 Å². The Morgan fingerprint density at radius 3 is 2.08 bits per heavy atom. The Balaban J connectivity index is 3.33. The van der Waals surface area contributed by atoms with Gasteiger partial charge in [0, 0.05) is 12.7 Å². The number of aliphatic hydroxyl groups is 1. The normalized spacial score (nSPS) is 17.7. The molecule has 0 aliphatic rings. The number of benzene rings is 1. The van der Waals surface area contributed by atoms with Crippen LogP contribution in [0.25, 0.3) is 0 Å². The zero-order valence-corrected chi connectivity index (χ0v) is 22.9. The topological polar surface area (TPSA) is 82.1 Å². The van der Waals surface area contributed by atoms with Gasteiger partial charge in [-0.3, -0.25) is 4.79 Å². The van der Waals surface area contributed by atoms with E-state index < -0.39 is 53.3 Å². The van der Waals surface area contributed by atoms with Crippen molar-refractivity contribution in [2.45, 2.75) is 103 Å². The van der Waals surface area contributed by atoms with Crippen molar-refractivity contribution in [1.29, 1.82) is 0 Å². The van der Waals surface area contributed by atoms with E-state index in [1.165, 1.54) is 18.2 Å². The van der Waals surface area contributed by atoms with Crippen LogP contribution in [0.3, 0.4) is 0 Å². The molecule has 0 radical (unpaired) electrons. The summed E-state index contributed by atoms with van der Waals surface area (Å²) in [4.78, 5) is 25.5. The van der Waals surface area contributed by atoms with Crippen LogP contribution in [0.4, 0.5) is 13.2 Å². The number of carbonyl (C=O) groups is 2. The van der Waals surface area contributed by atoms with Crippen molar-refractivity contribution in [1.82, 2.24) is 0 Å². The Labute approximate surface area is 218 Å². The average Bonchev–Trinajstić information content (AvgIpc) is 2.85. The summed E-state index contributed by atoms with van der Waals surface area (Å²) in [6.07, 6.45) is -1.95. The van der Waals surface area contributed by atoms with Gasteiger partial charge < -0.3 is 19.3 Å². The SMILES string of the molecule is CCCC[C@H](CC)C[C@](C)(O)C[C@@H](CC)[C@@H](CC(=O)OC)OC(=O)[C@](OC)(c1ccccc1)C(F)(F)F. The first kappa shape index (κ1) is 32.9. The highest BCUT2D eigenvalue weighted by Crippen LogP contribution is 2.44. The monoisotopic (exact) mass is 532 g/mol. The van der Waals surface area contributed by atoms with Crippen molar-refractivity contribution in [3.05, 3.63) is 35.9 Å². The molecule has 0 aliphatic heterocycles. The predicted molar refractivity (Wildman–Crippen MR) is 135 cm³/mol. The minimum atomic E-state index is -5.14. The molecule has 9 heteroatoms. The molecule has 0 amide bonds. The molecular weight excluding hydrogens is 489 g/mol. The maximum atomic E-state index is 14.4. The quantitative estimate of drug-likeness (QED) is 0.250. The highest BCUT2D eigenvalue weighted by Gasteiger charge is 2.64. The van der Waals surface area contributed by atoms with Crippen LogP contribution in [0.15, 0.2) is 30.3 Å². The molecule has 6 nitrogen and oxygen atoms in total. The Morgan fingerprint density at radius 2 is 1.62 bits per heavy atom. The lowest BCUT2D eigenvalue weighted by molar-refractivity contribution is -0.279. The van der Waals surface area contributed by atoms with Gasteiger partial charge in [-0.15, -0.1) is 0 Å². The third-order valence-corrected chi connectivity index (χ3v) is 7.05. The molecule has 0 bridgehead atoms. The van der Waals surface area contributed by atoms with Crippen molar-refractivity contribution in [2.75, 3.05) is 14.2 Å². The van der Waals surface area contributed by atoms with E-state index in [9.17, 15) is 27.9 Å². The van der Waals surface area contributed by atoms with Gasteiger partial charge in [0.1, 0.15) is 6.10 Å². The van der Waals surface area contributed by atoms with Gasteiger partial charge in [0.2, 0.25) is 0 Å². The molecule has 0 saturated carbocycles. The van der Waals surface area contributed by atoms with Gasteiger partial charge in [-0.05, 0) is 38.0 Å². The second-order valence-electron chi connectivity index (χ2n) is 9.96. The van der Waals surface area contributed by atoms with Crippen molar-refractivity contribution in [3.63, 3.8) is 0 Å². The predicted octanol–water partition coefficient (Wildman–Crippen LogP) is 6.34. The lowest BCUT2D eigenvalue weighted by Crippen LogP contribution is -2.53. The summed E-state index contributed by atoms with van der Waals surface area (Å²) in [5, 5.41) is 11.2. The fourth-order valence-electron chi connectivity index (χ4n) is 4.91. The smallest absolute Gasteiger partial charge is 0.432 e. The number of methoxy groups -OCH3 is 2. The lowest BCUT2D eigenvalue weighted by Gasteiger charge is -2.37. The summed E-state index contributed by atoms with van der Waals surface area (Å²) in [7, 11) is 1.94. The summed E-state index contributed by atoms with van der Waals surface area (Å²) < 4.78 is 58.1. The highest BCUT2D eigenvalue weighted by molar-refractivity contribution is 5.83. The van der Waals surface area contributed by atoms with E-state index in [2.05, 4.69) is 13.8 Å². The molecule has 212 valence electrons. The summed E-state index contributed by atoms with van der Waals surface area (Å²) in [6, 6.07) is 6.52. The number of hydrogen-bond acceptors (Lipinski definition) is 6. The maximum absolute atomic E-state index is 14.4. The second kappa shape index (κ2) is 14.7. The van der Waals surface area contributed by atoms with E-state index in [1.807, 2.05) is 0 Å². The van der Waals surface area contributed by atoms with Gasteiger partial charge in [-0.2, -0.15) is 13.2 Å². The number of carbonyl (C=O) groups excluding carboxylic acids is 2. The number of halogens is 3. The fraction of sp³-hybridized carbons (Fsp3) is 0.714. The number of unbranched alkanes of at least 4 members (excludes halogenated alkanes) is 1. The lowest BCUT2D eigenvalue weighted by atomic mass is 9.79. The largest absolute Gasteiger partial charge is 0.469 e. The minimum absolute atomic E-state index is 0.137. The van der Waals surface area contributed by atoms with E-state index in [4.69, 9.17) is 14.2 Å². The van der Waals surface area contributed by atoms with Gasteiger partial charge in [0.15, 0.2) is 0 Å². The molecule has 0 fully saturated rings. The van der Waals surface area contributed by atoms with Crippen LogP contribution in [-0.4, -0.2) is 49.1 Å². The van der Waals surface area contributed by atoms with E-state index >= 15 is 0 Å². The maximum Gasteiger partial charge on any atom is 0.432 e. The summed E-state index contributed by atoms with van der Waals surface area (Å²) in [5.74, 6) is -2.73. The van der Waals surface area contributed by atoms with Crippen LogP contribution in [0, 0.1) is 11.8 Å². The fourth-order valence-corrected chi connectivity index (χ4v) is 4.91. The molecule has 1 aromatic carbocycles. The molecule has 0 heterocycles. The minimum Gasteiger partial charge on any atom is -0.469 e. The first-order chi connectivity index (χ1) is 17.3. The number of rotatable bonds is 16. The van der Waals surface area contributed by atoms with Crippen LogP contribution in [0.2, 0.25) is 0 Å². The Morgan fingerprint density at radius 1 is 1.00 bits per heavy atom. The molecule has 0 aromatic heterocycles. The summed E-state index contributed by atoms with van der Waals surface area (Å²) in [5.41, 5.74) is -4.98. The molecule has 1 aromatic rings. The van der Waals surface area contributed by atoms with Crippen LogP contribution >= 0.6 is 0 Å². The third kappa shape index (κ3) is 8.99. The molecule has 1 N–H and O–H groups in total. The van der Waals surface area contributed by atoms with E-state index in [-0.39, 0.29) is 12.3 Å². The van der Waals surface area contributed by atoms with Crippen molar-refractivity contribution < 1.29 is 42.1 Å². The Kier molecular flexibility index (Phi) is 13.1. The van der Waals surface area contributed by atoms with E-state index in [0.717, 1.165) is 52.0 Å². The van der Waals surface area contributed by atoms with E-state index in [1.54, 1.807) is 13.8 Å². The molecule has 1 rings (SSSR count). The Bertz CT molecular complexity index is 827. The molecular formula is C28H43F3O6. The Hall–Kier alpha value is -2.13. The molecule has 0 spiro atoms. The van der Waals surface area contributed by atoms with Crippen LogP contribution < -0.4 is 0 Å². The average molecular weight is 533 g/mol. The highest BCUT2D eigenvalue weighted by atomic mass is 19.4. The van der Waals surface area contributed by atoms with Gasteiger partial charge in [0.25, 0.3) is 5.60 Å². The standard InChI is InChI=1S/C28H43F3O6/c1-7-10-14-20(8-2)18-26(4,34)19-21(9-3)23(17-24(32)35-5)37-25(33)27(36-6,28(29,30)31)22-15-12-11-13-16-22/h11-13,15-16,20-21,23,34H,7-10,14,17-19H2,1-6H3/t20-,21+,23+,26-,27+/m0/s1. The van der Waals surface area contributed by atoms with Gasteiger partial charge in [-0.25, -0.2) is 4.79 Å². The summed E-state index contributed by atoms with van der Waals surface area (Å²) in [6.45, 7) is 7.61. The van der Waals surface area contributed by atoms with Crippen molar-refractivity contribution in [2.24, 2.45) is 11.8 Å². The van der Waals surface area contributed by atoms with Gasteiger partial charge in [-0.1, -0.05) is 76.8 Å². The van der Waals surface area contributed by atoms with Gasteiger partial charge >= 0.3 is 18.1 Å². The second-order valence-corrected chi connectivity index (χ2v) is 9.96. The zero-order chi connectivity index (χ0) is 28.3. The molecule has 5 atom stereocenters. The van der Waals surface area contributed by atoms with E-state index in [0.29, 0.717) is 12.8 Å². The zero-order valence-electron chi connectivity index (χ0n) is 22.9. The number of ether oxygens (including phenoxy) is 3. The summed E-state index contributed by atoms with van der Waals surface area (Å²) >= 11 is 0. The first-order valence-electron chi connectivity index (χ1n) is 13.0. The first-order valence-corrected chi connectivity index (χ1v) is 13.0. The van der Waals surface area contributed by atoms with Crippen molar-refractivity contribution >= 4 is 11.9 Å². The molecule has 0 aliphatic carbocycles. The van der Waals surface area contributed by atoms with Crippen molar-refractivity contribution in [3.8, 4) is 0 Å². The molecule has 37 heavy (non-hydrogen) atoms. The third-order valence-electron chi connectivity index (χ3n) is 7.05. The number of esters is 2. The van der Waals surface area contributed by atoms with Crippen LogP contribution in [0.1, 0.15) is 84.6 Å².